The van der Waals surface area contributed by atoms with E-state index in [9.17, 15) is 18.0 Å². The molecule has 1 aromatic heterocycles. The zero-order valence-electron chi connectivity index (χ0n) is 15.1. The first-order valence-corrected chi connectivity index (χ1v) is 8.93. The molecule has 1 amide bonds. The van der Waals surface area contributed by atoms with Gasteiger partial charge in [-0.05, 0) is 42.7 Å². The third kappa shape index (κ3) is 4.99. The fourth-order valence-corrected chi connectivity index (χ4v) is 3.38. The van der Waals surface area contributed by atoms with Gasteiger partial charge in [-0.15, -0.1) is 0 Å². The van der Waals surface area contributed by atoms with Crippen molar-refractivity contribution in [2.24, 2.45) is 0 Å². The zero-order chi connectivity index (χ0) is 20.1. The van der Waals surface area contributed by atoms with Crippen molar-refractivity contribution in [1.82, 2.24) is 20.2 Å². The van der Waals surface area contributed by atoms with Crippen LogP contribution < -0.4 is 5.48 Å². The summed E-state index contributed by atoms with van der Waals surface area (Å²) in [6.45, 7) is 1.89. The summed E-state index contributed by atoms with van der Waals surface area (Å²) in [6.07, 6.45) is 1.77. The molecule has 28 heavy (non-hydrogen) atoms. The number of halogens is 3. The number of rotatable bonds is 6. The summed E-state index contributed by atoms with van der Waals surface area (Å²) in [7, 11) is 0. The van der Waals surface area contributed by atoms with Crippen LogP contribution in [0.3, 0.4) is 0 Å². The summed E-state index contributed by atoms with van der Waals surface area (Å²) in [4.78, 5) is 13.3. The Balaban J connectivity index is 1.60. The number of benzene rings is 1. The average molecular weight is 394 g/mol. The van der Waals surface area contributed by atoms with Gasteiger partial charge in [0.25, 0.3) is 5.91 Å². The zero-order valence-corrected chi connectivity index (χ0v) is 15.1. The standard InChI is InChI=1S/C19H21F3N4O2/c20-19(21,22)17-9-11-26(23-17)13-12-25-10-1-2-16(25)15-6-3-14(4-7-15)5-8-18(27)24-28/h3-9,11,16,28H,1-2,10,12-13H2,(H,24,27). The van der Waals surface area contributed by atoms with E-state index in [4.69, 9.17) is 5.21 Å². The molecule has 2 N–H and O–H groups in total. The smallest absolute Gasteiger partial charge is 0.294 e. The highest BCUT2D eigenvalue weighted by atomic mass is 19.4. The Morgan fingerprint density at radius 1 is 1.25 bits per heavy atom. The van der Waals surface area contributed by atoms with Crippen LogP contribution in [0, 0.1) is 0 Å². The van der Waals surface area contributed by atoms with Crippen LogP contribution in [0.1, 0.15) is 35.7 Å². The molecule has 0 spiro atoms. The Kier molecular flexibility index (Phi) is 6.15. The molecule has 2 heterocycles. The Morgan fingerprint density at radius 3 is 2.64 bits per heavy atom. The monoisotopic (exact) mass is 394 g/mol. The van der Waals surface area contributed by atoms with E-state index in [1.807, 2.05) is 24.3 Å². The second-order valence-electron chi connectivity index (χ2n) is 6.63. The molecule has 2 aromatic rings. The molecule has 6 nitrogen and oxygen atoms in total. The lowest BCUT2D eigenvalue weighted by atomic mass is 10.0. The fourth-order valence-electron chi connectivity index (χ4n) is 3.38. The van der Waals surface area contributed by atoms with Crippen LogP contribution in [0.15, 0.2) is 42.6 Å². The van der Waals surface area contributed by atoms with Gasteiger partial charge >= 0.3 is 6.18 Å². The fraction of sp³-hybridized carbons (Fsp3) is 0.368. The van der Waals surface area contributed by atoms with E-state index < -0.39 is 17.8 Å². The topological polar surface area (TPSA) is 70.4 Å². The van der Waals surface area contributed by atoms with Crippen molar-refractivity contribution in [3.63, 3.8) is 0 Å². The number of nitrogens with zero attached hydrogens (tertiary/aromatic N) is 3. The lowest BCUT2D eigenvalue weighted by Crippen LogP contribution is -2.27. The predicted molar refractivity (Wildman–Crippen MR) is 96.2 cm³/mol. The summed E-state index contributed by atoms with van der Waals surface area (Å²) >= 11 is 0. The number of alkyl halides is 3. The largest absolute Gasteiger partial charge is 0.435 e. The maximum Gasteiger partial charge on any atom is 0.435 e. The Morgan fingerprint density at radius 2 is 2.00 bits per heavy atom. The highest BCUT2D eigenvalue weighted by molar-refractivity contribution is 5.90. The van der Waals surface area contributed by atoms with Crippen LogP contribution in [-0.2, 0) is 17.5 Å². The van der Waals surface area contributed by atoms with Gasteiger partial charge in [0.2, 0.25) is 0 Å². The highest BCUT2D eigenvalue weighted by Crippen LogP contribution is 2.32. The van der Waals surface area contributed by atoms with Crippen molar-refractivity contribution in [3.8, 4) is 0 Å². The van der Waals surface area contributed by atoms with Gasteiger partial charge in [0.15, 0.2) is 5.69 Å². The maximum atomic E-state index is 12.7. The lowest BCUT2D eigenvalue weighted by Gasteiger charge is -2.25. The molecule has 0 radical (unpaired) electrons. The molecule has 1 unspecified atom stereocenters. The number of hydroxylamine groups is 1. The van der Waals surface area contributed by atoms with Crippen molar-refractivity contribution in [2.45, 2.75) is 31.6 Å². The number of carbonyl (C=O) groups is 1. The molecule has 1 aliphatic heterocycles. The third-order valence-corrected chi connectivity index (χ3v) is 4.77. The molecule has 0 saturated carbocycles. The minimum atomic E-state index is -4.42. The molecule has 1 aliphatic rings. The Hall–Kier alpha value is -2.65. The van der Waals surface area contributed by atoms with Gasteiger partial charge in [0, 0.05) is 24.9 Å². The Bertz CT molecular complexity index is 830. The number of likely N-dealkylation sites (tertiary alicyclic amines) is 1. The van der Waals surface area contributed by atoms with Gasteiger partial charge in [-0.2, -0.15) is 18.3 Å². The van der Waals surface area contributed by atoms with Gasteiger partial charge in [-0.1, -0.05) is 24.3 Å². The van der Waals surface area contributed by atoms with Gasteiger partial charge in [0.05, 0.1) is 6.54 Å². The van der Waals surface area contributed by atoms with E-state index >= 15 is 0 Å². The second kappa shape index (κ2) is 8.57. The molecule has 3 rings (SSSR count). The SMILES string of the molecule is O=C(C=Cc1ccc(C2CCCN2CCn2ccc(C(F)(F)F)n2)cc1)NO. The van der Waals surface area contributed by atoms with Crippen molar-refractivity contribution in [2.75, 3.05) is 13.1 Å². The molecule has 150 valence electrons. The van der Waals surface area contributed by atoms with E-state index in [2.05, 4.69) is 10.00 Å². The van der Waals surface area contributed by atoms with Crippen LogP contribution in [0.4, 0.5) is 13.2 Å². The first kappa shape index (κ1) is 20.1. The van der Waals surface area contributed by atoms with Crippen LogP contribution in [0.25, 0.3) is 6.08 Å². The first-order valence-electron chi connectivity index (χ1n) is 8.93. The van der Waals surface area contributed by atoms with E-state index in [1.165, 1.54) is 22.4 Å². The quantitative estimate of drug-likeness (QED) is 0.448. The molecule has 0 bridgehead atoms. The van der Waals surface area contributed by atoms with E-state index in [0.717, 1.165) is 36.6 Å². The highest BCUT2D eigenvalue weighted by Gasteiger charge is 2.33. The number of hydrogen-bond acceptors (Lipinski definition) is 4. The Labute approximate surface area is 160 Å². The molecule has 1 atom stereocenters. The molecule has 1 saturated heterocycles. The first-order chi connectivity index (χ1) is 13.4. The number of aromatic nitrogens is 2. The van der Waals surface area contributed by atoms with E-state index in [1.54, 1.807) is 6.08 Å². The average Bonchev–Trinajstić information content (AvgIpc) is 3.33. The summed E-state index contributed by atoms with van der Waals surface area (Å²) in [5, 5.41) is 12.1. The van der Waals surface area contributed by atoms with Crippen LogP contribution in [0.5, 0.6) is 0 Å². The molecule has 1 fully saturated rings. The summed E-state index contributed by atoms with van der Waals surface area (Å²) in [5.41, 5.74) is 2.61. The van der Waals surface area contributed by atoms with Crippen molar-refractivity contribution < 1.29 is 23.2 Å². The van der Waals surface area contributed by atoms with Crippen molar-refractivity contribution in [3.05, 3.63) is 59.4 Å². The number of carbonyl (C=O) groups excluding carboxylic acids is 1. The maximum absolute atomic E-state index is 12.7. The number of amides is 1. The molecule has 9 heteroatoms. The van der Waals surface area contributed by atoms with Crippen molar-refractivity contribution in [1.29, 1.82) is 0 Å². The summed E-state index contributed by atoms with van der Waals surface area (Å²) in [6, 6.07) is 8.93. The second-order valence-corrected chi connectivity index (χ2v) is 6.63. The van der Waals surface area contributed by atoms with Crippen LogP contribution in [-0.4, -0.2) is 38.9 Å². The van der Waals surface area contributed by atoms with Gasteiger partial charge < -0.3 is 0 Å². The minimum Gasteiger partial charge on any atom is -0.294 e. The van der Waals surface area contributed by atoms with Crippen molar-refractivity contribution >= 4 is 12.0 Å². The molecular weight excluding hydrogens is 373 g/mol. The van der Waals surface area contributed by atoms with Gasteiger partial charge in [-0.25, -0.2) is 5.48 Å². The number of hydrogen-bond donors (Lipinski definition) is 2. The summed E-state index contributed by atoms with van der Waals surface area (Å²) < 4.78 is 39.3. The molecule has 1 aromatic carbocycles. The van der Waals surface area contributed by atoms with Crippen LogP contribution >= 0.6 is 0 Å². The van der Waals surface area contributed by atoms with Gasteiger partial charge in [0.1, 0.15) is 0 Å². The predicted octanol–water partition coefficient (Wildman–Crippen LogP) is 3.26. The minimum absolute atomic E-state index is 0.205. The third-order valence-electron chi connectivity index (χ3n) is 4.77. The van der Waals surface area contributed by atoms with Gasteiger partial charge in [-0.3, -0.25) is 19.6 Å². The normalized spacial score (nSPS) is 18.1. The summed E-state index contributed by atoms with van der Waals surface area (Å²) in [5.74, 6) is -0.599. The van der Waals surface area contributed by atoms with Crippen LogP contribution in [0.2, 0.25) is 0 Å². The molecular formula is C19H21F3N4O2. The number of nitrogens with one attached hydrogen (secondary N) is 1. The van der Waals surface area contributed by atoms with E-state index in [0.29, 0.717) is 13.1 Å². The van der Waals surface area contributed by atoms with E-state index in [-0.39, 0.29) is 6.04 Å². The lowest BCUT2D eigenvalue weighted by molar-refractivity contribution is -0.141. The molecule has 0 aliphatic carbocycles.